The Labute approximate surface area is 118 Å². The largest absolute Gasteiger partial charge is 0.478 e. The van der Waals surface area contributed by atoms with Crippen LogP contribution < -0.4 is 4.72 Å². The molecule has 0 unspecified atom stereocenters. The maximum Gasteiger partial charge on any atom is 0.335 e. The van der Waals surface area contributed by atoms with Gasteiger partial charge in [0.25, 0.3) is 10.0 Å². The van der Waals surface area contributed by atoms with Crippen LogP contribution in [0.25, 0.3) is 0 Å². The Morgan fingerprint density at radius 1 is 1.33 bits per heavy atom. The summed E-state index contributed by atoms with van der Waals surface area (Å²) in [6.07, 6.45) is 0. The van der Waals surface area contributed by atoms with Gasteiger partial charge in [0.05, 0.1) is 10.5 Å². The summed E-state index contributed by atoms with van der Waals surface area (Å²) in [4.78, 5) is 10.4. The first-order valence-corrected chi connectivity index (χ1v) is 7.05. The smallest absolute Gasteiger partial charge is 0.335 e. The van der Waals surface area contributed by atoms with Crippen molar-refractivity contribution in [2.24, 2.45) is 0 Å². The second-order valence-corrected chi connectivity index (χ2v) is 5.77. The Bertz CT molecular complexity index is 815. The zero-order valence-corrected chi connectivity index (χ0v) is 11.7. The quantitative estimate of drug-likeness (QED) is 0.872. The van der Waals surface area contributed by atoms with Crippen molar-refractivity contribution in [3.05, 3.63) is 35.0 Å². The van der Waals surface area contributed by atoms with Crippen molar-refractivity contribution in [1.29, 1.82) is 0 Å². The summed E-state index contributed by atoms with van der Waals surface area (Å²) in [6.45, 7) is 2.68. The molecule has 0 aliphatic carbocycles. The van der Waals surface area contributed by atoms with Crippen LogP contribution >= 0.6 is 0 Å². The summed E-state index contributed by atoms with van der Waals surface area (Å²) in [5.41, 5.74) is -0.705. The Hall–Kier alpha value is -2.49. The summed E-state index contributed by atoms with van der Waals surface area (Å²) in [7, 11) is -4.26. The number of benzene rings is 1. The van der Waals surface area contributed by atoms with Gasteiger partial charge in [-0.2, -0.15) is 0 Å². The van der Waals surface area contributed by atoms with E-state index in [9.17, 15) is 17.6 Å². The number of nitrogens with one attached hydrogen (secondary N) is 1. The third-order valence-corrected chi connectivity index (χ3v) is 4.03. The molecule has 10 heteroatoms. The molecule has 2 N–H and O–H groups in total. The fraction of sp³-hybridized carbons (Fsp3) is 0.182. The average Bonchev–Trinajstić information content (AvgIpc) is 2.76. The lowest BCUT2D eigenvalue weighted by molar-refractivity contribution is 0.0696. The average molecular weight is 315 g/mol. The van der Waals surface area contributed by atoms with Gasteiger partial charge in [-0.1, -0.05) is 5.10 Å². The van der Waals surface area contributed by atoms with E-state index in [4.69, 9.17) is 9.52 Å². The standard InChI is InChI=1S/C11H10FN3O5S/c1-5-8(12)3-7(10(16)17)4-9(5)21(18,19)15-11-14-13-6(2)20-11/h3-4H,1-2H3,(H,14,15)(H,16,17). The lowest BCUT2D eigenvalue weighted by atomic mass is 10.1. The maximum absolute atomic E-state index is 13.7. The number of anilines is 1. The highest BCUT2D eigenvalue weighted by atomic mass is 32.2. The maximum atomic E-state index is 13.7. The summed E-state index contributed by atoms with van der Waals surface area (Å²) < 4.78 is 44.8. The van der Waals surface area contributed by atoms with Crippen molar-refractivity contribution in [1.82, 2.24) is 10.2 Å². The minimum absolute atomic E-state index is 0.134. The Kier molecular flexibility index (Phi) is 3.64. The van der Waals surface area contributed by atoms with Crippen LogP contribution in [0.2, 0.25) is 0 Å². The number of carbonyl (C=O) groups is 1. The molecule has 8 nitrogen and oxygen atoms in total. The van der Waals surface area contributed by atoms with Gasteiger partial charge in [-0.25, -0.2) is 22.3 Å². The first-order valence-electron chi connectivity index (χ1n) is 5.57. The number of sulfonamides is 1. The number of nitrogens with zero attached hydrogens (tertiary/aromatic N) is 2. The van der Waals surface area contributed by atoms with Crippen LogP contribution in [0, 0.1) is 19.7 Å². The normalized spacial score (nSPS) is 11.4. The van der Waals surface area contributed by atoms with Crippen molar-refractivity contribution in [2.45, 2.75) is 18.7 Å². The van der Waals surface area contributed by atoms with Crippen molar-refractivity contribution in [2.75, 3.05) is 4.72 Å². The molecule has 1 aromatic carbocycles. The summed E-state index contributed by atoms with van der Waals surface area (Å²) in [6, 6.07) is 1.20. The summed E-state index contributed by atoms with van der Waals surface area (Å²) >= 11 is 0. The highest BCUT2D eigenvalue weighted by Gasteiger charge is 2.24. The molecule has 0 radical (unpaired) electrons. The van der Waals surface area contributed by atoms with E-state index in [1.807, 2.05) is 4.72 Å². The van der Waals surface area contributed by atoms with Crippen LogP contribution in [0.5, 0.6) is 0 Å². The molecule has 112 valence electrons. The van der Waals surface area contributed by atoms with Gasteiger partial charge in [-0.05, 0) is 19.1 Å². The van der Waals surface area contributed by atoms with Crippen LogP contribution in [0.15, 0.2) is 21.4 Å². The van der Waals surface area contributed by atoms with E-state index < -0.39 is 38.3 Å². The molecule has 0 aliphatic rings. The van der Waals surface area contributed by atoms with Crippen molar-refractivity contribution >= 4 is 22.0 Å². The Morgan fingerprint density at radius 2 is 2.00 bits per heavy atom. The summed E-state index contributed by atoms with van der Waals surface area (Å²) in [5.74, 6) is -2.26. The van der Waals surface area contributed by atoms with Gasteiger partial charge in [-0.3, -0.25) is 0 Å². The first-order chi connectivity index (χ1) is 9.70. The van der Waals surface area contributed by atoms with E-state index in [1.54, 1.807) is 0 Å². The van der Waals surface area contributed by atoms with Crippen LogP contribution in [-0.2, 0) is 10.0 Å². The molecule has 1 heterocycles. The second kappa shape index (κ2) is 5.13. The monoisotopic (exact) mass is 315 g/mol. The zero-order chi connectivity index (χ0) is 15.8. The van der Waals surface area contributed by atoms with Crippen molar-refractivity contribution < 1.29 is 27.1 Å². The third kappa shape index (κ3) is 2.99. The minimum atomic E-state index is -4.26. The first kappa shape index (κ1) is 14.9. The number of hydrogen-bond donors (Lipinski definition) is 2. The minimum Gasteiger partial charge on any atom is -0.478 e. The number of halogens is 1. The van der Waals surface area contributed by atoms with Gasteiger partial charge >= 0.3 is 12.0 Å². The fourth-order valence-electron chi connectivity index (χ4n) is 1.56. The second-order valence-electron chi connectivity index (χ2n) is 4.12. The van der Waals surface area contributed by atoms with E-state index in [-0.39, 0.29) is 11.5 Å². The third-order valence-electron chi connectivity index (χ3n) is 2.58. The van der Waals surface area contributed by atoms with Gasteiger partial charge in [0.15, 0.2) is 0 Å². The predicted octanol–water partition coefficient (Wildman–Crippen LogP) is 1.32. The van der Waals surface area contributed by atoms with E-state index >= 15 is 0 Å². The van der Waals surface area contributed by atoms with Crippen LogP contribution in [0.1, 0.15) is 21.8 Å². The SMILES string of the molecule is Cc1nnc(NS(=O)(=O)c2cc(C(=O)O)cc(F)c2C)o1. The van der Waals surface area contributed by atoms with Gasteiger partial charge in [0.1, 0.15) is 5.82 Å². The van der Waals surface area contributed by atoms with E-state index in [0.29, 0.717) is 0 Å². The highest BCUT2D eigenvalue weighted by molar-refractivity contribution is 7.92. The van der Waals surface area contributed by atoms with Gasteiger partial charge < -0.3 is 9.52 Å². The molecule has 0 atom stereocenters. The number of aryl methyl sites for hydroxylation is 1. The lowest BCUT2D eigenvalue weighted by Crippen LogP contribution is -2.16. The van der Waals surface area contributed by atoms with Crippen LogP contribution in [-0.4, -0.2) is 29.7 Å². The molecular weight excluding hydrogens is 305 g/mol. The van der Waals surface area contributed by atoms with Crippen LogP contribution in [0.3, 0.4) is 0 Å². The van der Waals surface area contributed by atoms with E-state index in [1.165, 1.54) is 13.8 Å². The molecule has 0 fully saturated rings. The number of rotatable bonds is 4. The lowest BCUT2D eigenvalue weighted by Gasteiger charge is -2.09. The molecule has 0 amide bonds. The van der Waals surface area contributed by atoms with Crippen molar-refractivity contribution in [3.8, 4) is 0 Å². The number of aromatic carboxylic acids is 1. The molecule has 2 aromatic rings. The molecule has 0 saturated heterocycles. The topological polar surface area (TPSA) is 122 Å². The number of carboxylic acids is 1. The van der Waals surface area contributed by atoms with E-state index in [2.05, 4.69) is 10.2 Å². The number of carboxylic acid groups (broad SMARTS) is 1. The zero-order valence-electron chi connectivity index (χ0n) is 10.9. The number of aromatic nitrogens is 2. The molecule has 2 rings (SSSR count). The van der Waals surface area contributed by atoms with Gasteiger partial charge in [0.2, 0.25) is 5.89 Å². The van der Waals surface area contributed by atoms with Crippen LogP contribution in [0.4, 0.5) is 10.4 Å². The highest BCUT2D eigenvalue weighted by Crippen LogP contribution is 2.23. The Morgan fingerprint density at radius 3 is 2.52 bits per heavy atom. The summed E-state index contributed by atoms with van der Waals surface area (Å²) in [5, 5.41) is 15.7. The predicted molar refractivity (Wildman–Crippen MR) is 67.9 cm³/mol. The molecular formula is C11H10FN3O5S. The molecule has 21 heavy (non-hydrogen) atoms. The number of hydrogen-bond acceptors (Lipinski definition) is 6. The Balaban J connectivity index is 2.51. The fourth-order valence-corrected chi connectivity index (χ4v) is 2.77. The van der Waals surface area contributed by atoms with Gasteiger partial charge in [0, 0.05) is 12.5 Å². The molecule has 0 aliphatic heterocycles. The molecule has 1 aromatic heterocycles. The molecule has 0 spiro atoms. The van der Waals surface area contributed by atoms with Gasteiger partial charge in [-0.15, -0.1) is 5.10 Å². The van der Waals surface area contributed by atoms with E-state index in [0.717, 1.165) is 12.1 Å². The van der Waals surface area contributed by atoms with Crippen molar-refractivity contribution in [3.63, 3.8) is 0 Å². The molecule has 0 bridgehead atoms. The molecule has 0 saturated carbocycles.